The number of rotatable bonds is 5. The van der Waals surface area contributed by atoms with Crippen LogP contribution < -0.4 is 5.32 Å². The summed E-state index contributed by atoms with van der Waals surface area (Å²) in [6, 6.07) is 15.5. The second-order valence-electron chi connectivity index (χ2n) is 6.50. The Morgan fingerprint density at radius 3 is 2.79 bits per heavy atom. The minimum atomic E-state index is -0.106. The highest BCUT2D eigenvalue weighted by atomic mass is 35.5. The molecule has 1 amide bonds. The monoisotopic (exact) mass is 410 g/mol. The number of nitrogens with zero attached hydrogens (tertiary/aromatic N) is 3. The van der Waals surface area contributed by atoms with Crippen LogP contribution in [0.3, 0.4) is 0 Å². The van der Waals surface area contributed by atoms with Crippen molar-refractivity contribution in [2.45, 2.75) is 20.4 Å². The normalized spacial score (nSPS) is 11.1. The Morgan fingerprint density at radius 2 is 1.96 bits per heavy atom. The highest BCUT2D eigenvalue weighted by Crippen LogP contribution is 2.29. The van der Waals surface area contributed by atoms with Crippen LogP contribution in [-0.2, 0) is 6.54 Å². The molecule has 7 heteroatoms. The van der Waals surface area contributed by atoms with E-state index in [1.165, 1.54) is 11.3 Å². The minimum Gasteiger partial charge on any atom is -0.349 e. The molecule has 4 rings (SSSR count). The summed E-state index contributed by atoms with van der Waals surface area (Å²) in [5.41, 5.74) is 3.68. The van der Waals surface area contributed by atoms with E-state index in [0.29, 0.717) is 23.0 Å². The van der Waals surface area contributed by atoms with Crippen molar-refractivity contribution < 1.29 is 4.79 Å². The Bertz CT molecular complexity index is 1160. The molecule has 0 aliphatic heterocycles. The number of imidazole rings is 1. The molecule has 142 valence electrons. The molecule has 0 saturated carbocycles. The first kappa shape index (κ1) is 18.7. The molecule has 0 aliphatic carbocycles. The third-order valence-electron chi connectivity index (χ3n) is 4.54. The predicted molar refractivity (Wildman–Crippen MR) is 114 cm³/mol. The lowest BCUT2D eigenvalue weighted by Crippen LogP contribution is -2.27. The summed E-state index contributed by atoms with van der Waals surface area (Å²) in [7, 11) is 0. The van der Waals surface area contributed by atoms with Crippen molar-refractivity contribution >= 4 is 39.9 Å². The Hall–Kier alpha value is -2.70. The number of aryl methyl sites for hydroxylation is 2. The van der Waals surface area contributed by atoms with Crippen LogP contribution in [0.25, 0.3) is 21.6 Å². The van der Waals surface area contributed by atoms with E-state index < -0.39 is 0 Å². The van der Waals surface area contributed by atoms with Gasteiger partial charge in [0, 0.05) is 23.7 Å². The number of para-hydroxylation sites is 2. The number of benzene rings is 2. The molecule has 2 heterocycles. The second-order valence-corrected chi connectivity index (χ2v) is 7.93. The van der Waals surface area contributed by atoms with Gasteiger partial charge in [0.25, 0.3) is 5.91 Å². The molecule has 2 aromatic heterocycles. The molecule has 0 atom stereocenters. The van der Waals surface area contributed by atoms with E-state index in [0.717, 1.165) is 33.1 Å². The van der Waals surface area contributed by atoms with Gasteiger partial charge in [0.05, 0.1) is 16.7 Å². The van der Waals surface area contributed by atoms with Crippen LogP contribution in [0.1, 0.15) is 21.2 Å². The lowest BCUT2D eigenvalue weighted by molar-refractivity contribution is 0.0955. The van der Waals surface area contributed by atoms with Gasteiger partial charge >= 0.3 is 0 Å². The number of fused-ring (bicyclic) bond motifs is 1. The van der Waals surface area contributed by atoms with Gasteiger partial charge in [-0.2, -0.15) is 0 Å². The minimum absolute atomic E-state index is 0.106. The fourth-order valence-corrected chi connectivity index (χ4v) is 4.36. The van der Waals surface area contributed by atoms with Crippen molar-refractivity contribution in [1.82, 2.24) is 19.9 Å². The number of aromatic nitrogens is 3. The van der Waals surface area contributed by atoms with Gasteiger partial charge in [-0.1, -0.05) is 35.9 Å². The fourth-order valence-electron chi connectivity index (χ4n) is 3.19. The van der Waals surface area contributed by atoms with E-state index >= 15 is 0 Å². The van der Waals surface area contributed by atoms with Gasteiger partial charge in [0.1, 0.15) is 15.7 Å². The summed E-state index contributed by atoms with van der Waals surface area (Å²) in [4.78, 5) is 22.4. The van der Waals surface area contributed by atoms with E-state index in [1.54, 1.807) is 0 Å². The Labute approximate surface area is 172 Å². The summed E-state index contributed by atoms with van der Waals surface area (Å²) in [5, 5.41) is 4.45. The van der Waals surface area contributed by atoms with Crippen molar-refractivity contribution in [3.05, 3.63) is 69.9 Å². The molecule has 28 heavy (non-hydrogen) atoms. The van der Waals surface area contributed by atoms with E-state index in [9.17, 15) is 4.79 Å². The third-order valence-corrected chi connectivity index (χ3v) is 5.98. The van der Waals surface area contributed by atoms with Gasteiger partial charge in [-0.25, -0.2) is 9.97 Å². The molecule has 0 spiro atoms. The van der Waals surface area contributed by atoms with Crippen LogP contribution in [0.15, 0.2) is 48.5 Å². The number of halogens is 1. The maximum absolute atomic E-state index is 12.7. The second kappa shape index (κ2) is 7.73. The summed E-state index contributed by atoms with van der Waals surface area (Å²) in [5.74, 6) is 0.831. The Kier molecular flexibility index (Phi) is 5.15. The Balaban J connectivity index is 1.46. The fraction of sp³-hybridized carbons (Fsp3) is 0.190. The predicted octanol–water partition coefficient (Wildman–Crippen LogP) is 4.86. The van der Waals surface area contributed by atoms with Crippen molar-refractivity contribution in [2.75, 3.05) is 6.54 Å². The van der Waals surface area contributed by atoms with Crippen LogP contribution in [-0.4, -0.2) is 27.0 Å². The quantitative estimate of drug-likeness (QED) is 0.511. The van der Waals surface area contributed by atoms with Crippen molar-refractivity contribution in [3.63, 3.8) is 0 Å². The van der Waals surface area contributed by atoms with Crippen molar-refractivity contribution in [2.24, 2.45) is 0 Å². The summed E-state index contributed by atoms with van der Waals surface area (Å²) >= 11 is 7.45. The first-order valence-electron chi connectivity index (χ1n) is 8.96. The largest absolute Gasteiger partial charge is 0.349 e. The topological polar surface area (TPSA) is 59.8 Å². The number of hydrogen-bond donors (Lipinski definition) is 1. The van der Waals surface area contributed by atoms with Gasteiger partial charge in [0.15, 0.2) is 0 Å². The van der Waals surface area contributed by atoms with Crippen LogP contribution in [0.4, 0.5) is 0 Å². The molecule has 0 aliphatic rings. The van der Waals surface area contributed by atoms with Gasteiger partial charge in [-0.3, -0.25) is 4.79 Å². The molecule has 4 aromatic rings. The van der Waals surface area contributed by atoms with Gasteiger partial charge in [-0.05, 0) is 38.1 Å². The molecule has 5 nitrogen and oxygen atoms in total. The molecule has 0 unspecified atom stereocenters. The third kappa shape index (κ3) is 3.66. The average Bonchev–Trinajstić information content (AvgIpc) is 3.22. The highest BCUT2D eigenvalue weighted by molar-refractivity contribution is 7.17. The van der Waals surface area contributed by atoms with E-state index in [-0.39, 0.29) is 5.91 Å². The van der Waals surface area contributed by atoms with Gasteiger partial charge in [0.2, 0.25) is 0 Å². The number of thiazole rings is 1. The maximum Gasteiger partial charge on any atom is 0.263 e. The number of carbonyl (C=O) groups excluding carboxylic acids is 1. The molecule has 0 bridgehead atoms. The van der Waals surface area contributed by atoms with Crippen molar-refractivity contribution in [3.8, 4) is 10.6 Å². The van der Waals surface area contributed by atoms with Crippen molar-refractivity contribution in [1.29, 1.82) is 0 Å². The first-order valence-corrected chi connectivity index (χ1v) is 10.2. The highest BCUT2D eigenvalue weighted by Gasteiger charge is 2.16. The van der Waals surface area contributed by atoms with E-state index in [1.807, 2.05) is 62.4 Å². The molecular formula is C21H19ClN4OS. The van der Waals surface area contributed by atoms with E-state index in [2.05, 4.69) is 19.9 Å². The number of carbonyl (C=O) groups is 1. The van der Waals surface area contributed by atoms with Gasteiger partial charge < -0.3 is 9.88 Å². The summed E-state index contributed by atoms with van der Waals surface area (Å²) in [6.45, 7) is 5.01. The zero-order valence-electron chi connectivity index (χ0n) is 15.6. The molecular weight excluding hydrogens is 392 g/mol. The number of nitrogens with one attached hydrogen (secondary N) is 1. The smallest absolute Gasteiger partial charge is 0.263 e. The zero-order chi connectivity index (χ0) is 19.7. The first-order chi connectivity index (χ1) is 13.5. The Morgan fingerprint density at radius 1 is 1.14 bits per heavy atom. The standard InChI is InChI=1S/C21H19ClN4OS/c1-13-19(28-21(24-13)15-6-5-7-16(22)12-15)20(27)23-10-11-26-14(2)25-17-8-3-4-9-18(17)26/h3-9,12H,10-11H2,1-2H3,(H,23,27). The van der Waals surface area contributed by atoms with Crippen LogP contribution in [0.2, 0.25) is 5.02 Å². The zero-order valence-corrected chi connectivity index (χ0v) is 17.1. The van der Waals surface area contributed by atoms with Gasteiger partial charge in [-0.15, -0.1) is 11.3 Å². The molecule has 2 aromatic carbocycles. The van der Waals surface area contributed by atoms with E-state index in [4.69, 9.17) is 11.6 Å². The SMILES string of the molecule is Cc1nc(-c2cccc(Cl)c2)sc1C(=O)NCCn1c(C)nc2ccccc21. The lowest BCUT2D eigenvalue weighted by atomic mass is 10.2. The van der Waals surface area contributed by atoms with Crippen LogP contribution in [0, 0.1) is 13.8 Å². The molecule has 1 N–H and O–H groups in total. The average molecular weight is 411 g/mol. The molecule has 0 fully saturated rings. The number of hydrogen-bond acceptors (Lipinski definition) is 4. The summed E-state index contributed by atoms with van der Waals surface area (Å²) in [6.07, 6.45) is 0. The molecule has 0 saturated heterocycles. The lowest BCUT2D eigenvalue weighted by Gasteiger charge is -2.08. The van der Waals surface area contributed by atoms with Crippen LogP contribution in [0.5, 0.6) is 0 Å². The van der Waals surface area contributed by atoms with Crippen LogP contribution >= 0.6 is 22.9 Å². The maximum atomic E-state index is 12.7. The molecule has 0 radical (unpaired) electrons. The number of amides is 1. The summed E-state index contributed by atoms with van der Waals surface area (Å²) < 4.78 is 2.12.